The largest absolute Gasteiger partial charge is 0.416 e. The predicted molar refractivity (Wildman–Crippen MR) is 178 cm³/mol. The number of hydrogen-bond donors (Lipinski definition) is 1. The van der Waals surface area contributed by atoms with Crippen molar-refractivity contribution in [2.75, 3.05) is 14.1 Å². The van der Waals surface area contributed by atoms with E-state index in [-0.39, 0.29) is 17.0 Å². The Labute approximate surface area is 273 Å². The van der Waals surface area contributed by atoms with Crippen molar-refractivity contribution in [3.63, 3.8) is 0 Å². The van der Waals surface area contributed by atoms with Gasteiger partial charge < -0.3 is 4.98 Å². The highest BCUT2D eigenvalue weighted by Gasteiger charge is 2.43. The van der Waals surface area contributed by atoms with Gasteiger partial charge >= 0.3 is 6.18 Å². The summed E-state index contributed by atoms with van der Waals surface area (Å²) < 4.78 is 67.4. The molecule has 4 aliphatic rings. The summed E-state index contributed by atoms with van der Waals surface area (Å²) in [6, 6.07) is 18.1. The molecule has 2 fully saturated rings. The number of nitrogens with one attached hydrogen (secondary N) is 1. The van der Waals surface area contributed by atoms with Gasteiger partial charge in [0.25, 0.3) is 10.0 Å². The topological polar surface area (TPSA) is 61.3 Å². The lowest BCUT2D eigenvalue weighted by atomic mass is 9.97. The summed E-state index contributed by atoms with van der Waals surface area (Å²) in [6.45, 7) is 4.15. The van der Waals surface area contributed by atoms with Crippen molar-refractivity contribution >= 4 is 31.8 Å². The summed E-state index contributed by atoms with van der Waals surface area (Å²) >= 11 is 0. The Morgan fingerprint density at radius 1 is 0.745 bits per heavy atom. The molecular formula is C37H39F3N4O2S. The van der Waals surface area contributed by atoms with Gasteiger partial charge in [-0.2, -0.15) is 13.2 Å². The minimum absolute atomic E-state index is 0.137. The number of hydrogen-bond acceptors (Lipinski definition) is 4. The number of benzene rings is 3. The fourth-order valence-electron chi connectivity index (χ4n) is 8.81. The summed E-state index contributed by atoms with van der Waals surface area (Å²) in [4.78, 5) is 8.40. The lowest BCUT2D eigenvalue weighted by Gasteiger charge is -2.32. The fourth-order valence-corrected chi connectivity index (χ4v) is 10.4. The van der Waals surface area contributed by atoms with E-state index in [0.717, 1.165) is 65.4 Å². The monoisotopic (exact) mass is 660 g/mol. The van der Waals surface area contributed by atoms with E-state index in [1.54, 1.807) is 11.6 Å². The maximum Gasteiger partial charge on any atom is 0.416 e. The van der Waals surface area contributed by atoms with E-state index < -0.39 is 21.8 Å². The van der Waals surface area contributed by atoms with Gasteiger partial charge in [0.15, 0.2) is 0 Å². The molecule has 4 aliphatic heterocycles. The molecule has 0 amide bonds. The molecule has 1 N–H and O–H groups in total. The molecule has 0 spiro atoms. The Balaban J connectivity index is 0.000000160. The molecule has 0 saturated carbocycles. The van der Waals surface area contributed by atoms with Crippen molar-refractivity contribution < 1.29 is 21.6 Å². The molecule has 2 saturated heterocycles. The first kappa shape index (κ1) is 30.7. The predicted octanol–water partition coefficient (Wildman–Crippen LogP) is 8.06. The van der Waals surface area contributed by atoms with E-state index >= 15 is 0 Å². The minimum Gasteiger partial charge on any atom is -0.358 e. The summed E-state index contributed by atoms with van der Waals surface area (Å²) in [7, 11) is 0.325. The van der Waals surface area contributed by atoms with Crippen molar-refractivity contribution in [2.24, 2.45) is 0 Å². The van der Waals surface area contributed by atoms with Crippen LogP contribution in [-0.2, 0) is 29.0 Å². The number of rotatable bonds is 2. The molecule has 4 bridgehead atoms. The SMILES string of the molecule is Cc1ccc2[nH]c3c(c2c1)C1CCC(C3)N1C.Cc1ccc2c(c1)c1c(n2S(=O)(=O)c2ccc(C(F)(F)F)cc2)CC2CCC1N2C. The average Bonchev–Trinajstić information content (AvgIpc) is 3.68. The second kappa shape index (κ2) is 10.7. The lowest BCUT2D eigenvalue weighted by molar-refractivity contribution is -0.137. The van der Waals surface area contributed by atoms with E-state index in [1.165, 1.54) is 45.4 Å². The zero-order valence-corrected chi connectivity index (χ0v) is 27.8. The first-order valence-electron chi connectivity index (χ1n) is 16.4. The highest BCUT2D eigenvalue weighted by molar-refractivity contribution is 7.90. The van der Waals surface area contributed by atoms with Gasteiger partial charge in [-0.25, -0.2) is 12.4 Å². The Bertz CT molecular complexity index is 2150. The maximum atomic E-state index is 13.6. The molecule has 246 valence electrons. The highest BCUT2D eigenvalue weighted by Crippen LogP contribution is 2.48. The first-order chi connectivity index (χ1) is 22.3. The van der Waals surface area contributed by atoms with Crippen molar-refractivity contribution in [3.8, 4) is 0 Å². The van der Waals surface area contributed by atoms with Crippen molar-refractivity contribution in [3.05, 3.63) is 99.9 Å². The first-order valence-corrected chi connectivity index (χ1v) is 17.9. The van der Waals surface area contributed by atoms with Gasteiger partial charge in [0.2, 0.25) is 0 Å². The Hall–Kier alpha value is -3.60. The van der Waals surface area contributed by atoms with Crippen LogP contribution in [-0.4, -0.2) is 53.4 Å². The summed E-state index contributed by atoms with van der Waals surface area (Å²) in [5.74, 6) is 0. The molecule has 2 aromatic heterocycles. The summed E-state index contributed by atoms with van der Waals surface area (Å²) in [5, 5.41) is 2.37. The molecule has 0 aliphatic carbocycles. The van der Waals surface area contributed by atoms with Gasteiger partial charge in [0, 0.05) is 64.7 Å². The van der Waals surface area contributed by atoms with Crippen LogP contribution in [0, 0.1) is 13.8 Å². The number of fused-ring (bicyclic) bond motifs is 12. The van der Waals surface area contributed by atoms with E-state index in [1.807, 2.05) is 19.1 Å². The van der Waals surface area contributed by atoms with Crippen LogP contribution >= 0.6 is 0 Å². The van der Waals surface area contributed by atoms with Gasteiger partial charge in [-0.05, 0) is 113 Å². The lowest BCUT2D eigenvalue weighted by Crippen LogP contribution is -2.35. The molecular weight excluding hydrogens is 621 g/mol. The third-order valence-corrected chi connectivity index (χ3v) is 13.0. The van der Waals surface area contributed by atoms with E-state index in [2.05, 4.69) is 54.0 Å². The molecule has 4 unspecified atom stereocenters. The molecule has 10 heteroatoms. The Morgan fingerprint density at radius 2 is 1.34 bits per heavy atom. The van der Waals surface area contributed by atoms with Gasteiger partial charge in [-0.15, -0.1) is 0 Å². The van der Waals surface area contributed by atoms with Crippen molar-refractivity contribution in [1.29, 1.82) is 0 Å². The second-order valence-corrected chi connectivity index (χ2v) is 15.8. The van der Waals surface area contributed by atoms with Gasteiger partial charge in [-0.1, -0.05) is 23.3 Å². The van der Waals surface area contributed by atoms with Crippen LogP contribution < -0.4 is 0 Å². The fraction of sp³-hybridized carbons (Fsp3) is 0.405. The number of H-pyrrole nitrogens is 1. The molecule has 3 aromatic carbocycles. The third-order valence-electron chi connectivity index (χ3n) is 11.2. The number of aromatic amines is 1. The smallest absolute Gasteiger partial charge is 0.358 e. The molecule has 4 atom stereocenters. The Morgan fingerprint density at radius 3 is 2.00 bits per heavy atom. The number of aromatic nitrogens is 2. The number of nitrogens with zero attached hydrogens (tertiary/aromatic N) is 3. The zero-order valence-electron chi connectivity index (χ0n) is 27.0. The number of alkyl halides is 3. The van der Waals surface area contributed by atoms with Crippen LogP contribution in [0.3, 0.4) is 0 Å². The quantitative estimate of drug-likeness (QED) is 0.208. The van der Waals surface area contributed by atoms with E-state index in [4.69, 9.17) is 0 Å². The maximum absolute atomic E-state index is 13.6. The van der Waals surface area contributed by atoms with E-state index in [9.17, 15) is 21.6 Å². The van der Waals surface area contributed by atoms with Crippen LogP contribution in [0.15, 0.2) is 65.6 Å². The zero-order chi connectivity index (χ0) is 33.0. The molecule has 47 heavy (non-hydrogen) atoms. The highest BCUT2D eigenvalue weighted by atomic mass is 32.2. The van der Waals surface area contributed by atoms with Gasteiger partial charge in [0.05, 0.1) is 16.0 Å². The summed E-state index contributed by atoms with van der Waals surface area (Å²) in [6.07, 6.45) is 1.96. The van der Waals surface area contributed by atoms with Gasteiger partial charge in [0.1, 0.15) is 0 Å². The third kappa shape index (κ3) is 4.77. The van der Waals surface area contributed by atoms with Crippen LogP contribution in [0.1, 0.15) is 77.0 Å². The standard InChI is InChI=1S/C22H21F3N2O2S.C15H18N2/c1-13-3-9-18-17(11-13)21-19-10-6-15(26(19)2)12-20(21)27(18)30(28,29)16-7-4-14(5-8-16)22(23,24)25;1-9-3-5-12-11(7-9)15-13(16-12)8-10-4-6-14(15)17(10)2/h3-5,7-9,11,15,19H,6,10,12H2,1-2H3;3,5,7,10,14,16H,4,6,8H2,1-2H3. The van der Waals surface area contributed by atoms with Crippen molar-refractivity contribution in [1.82, 2.24) is 18.8 Å². The summed E-state index contributed by atoms with van der Waals surface area (Å²) in [5.41, 5.74) is 8.33. The minimum atomic E-state index is -4.51. The molecule has 9 rings (SSSR count). The van der Waals surface area contributed by atoms with Crippen LogP contribution in [0.25, 0.3) is 21.8 Å². The number of aryl methyl sites for hydroxylation is 2. The molecule has 6 heterocycles. The Kier molecular flexibility index (Phi) is 6.99. The van der Waals surface area contributed by atoms with E-state index in [0.29, 0.717) is 18.0 Å². The number of halogens is 3. The normalized spacial score (nSPS) is 24.0. The molecule has 0 radical (unpaired) electrons. The average molecular weight is 661 g/mol. The van der Waals surface area contributed by atoms with Crippen LogP contribution in [0.5, 0.6) is 0 Å². The molecule has 6 nitrogen and oxygen atoms in total. The van der Waals surface area contributed by atoms with Crippen LogP contribution in [0.2, 0.25) is 0 Å². The van der Waals surface area contributed by atoms with Crippen molar-refractivity contribution in [2.45, 2.75) is 87.6 Å². The number of likely N-dealkylation sites (N-methyl/N-ethyl adjacent to an activating group) is 2. The molecule has 5 aromatic rings. The second-order valence-electron chi connectivity index (χ2n) is 14.0. The van der Waals surface area contributed by atoms with Gasteiger partial charge in [-0.3, -0.25) is 9.80 Å². The van der Waals surface area contributed by atoms with Crippen LogP contribution in [0.4, 0.5) is 13.2 Å².